The third kappa shape index (κ3) is 6.15. The maximum atomic E-state index is 6.17. The molecular weight excluding hydrogens is 228 g/mol. The predicted octanol–water partition coefficient (Wildman–Crippen LogP) is 4.93. The van der Waals surface area contributed by atoms with Crippen LogP contribution in [0.15, 0.2) is 12.0 Å². The van der Waals surface area contributed by atoms with Crippen molar-refractivity contribution >= 4 is 8.32 Å². The lowest BCUT2D eigenvalue weighted by Gasteiger charge is -2.36. The molecule has 0 aromatic heterocycles. The largest absolute Gasteiger partial charge is 0.519 e. The normalized spacial score (nSPS) is 14.1. The summed E-state index contributed by atoms with van der Waals surface area (Å²) < 4.78 is 11.8. The first kappa shape index (κ1) is 16.6. The van der Waals surface area contributed by atoms with Crippen LogP contribution in [-0.2, 0) is 9.16 Å². The van der Waals surface area contributed by atoms with E-state index < -0.39 is 8.32 Å². The molecule has 0 bridgehead atoms. The van der Waals surface area contributed by atoms with Crippen LogP contribution in [0.25, 0.3) is 0 Å². The smallest absolute Gasteiger partial charge is 0.261 e. The molecule has 0 aromatic carbocycles. The first-order valence-electron chi connectivity index (χ1n) is 6.62. The van der Waals surface area contributed by atoms with E-state index in [9.17, 15) is 0 Å². The van der Waals surface area contributed by atoms with Gasteiger partial charge in [-0.15, -0.1) is 0 Å². The lowest BCUT2D eigenvalue weighted by atomic mass is 10.1. The lowest BCUT2D eigenvalue weighted by Crippen LogP contribution is -2.40. The van der Waals surface area contributed by atoms with Gasteiger partial charge < -0.3 is 9.16 Å². The summed E-state index contributed by atoms with van der Waals surface area (Å²) in [4.78, 5) is 0. The van der Waals surface area contributed by atoms with E-state index in [1.807, 2.05) is 6.92 Å². The Morgan fingerprint density at radius 3 is 2.12 bits per heavy atom. The van der Waals surface area contributed by atoms with Gasteiger partial charge in [-0.2, -0.15) is 0 Å². The fourth-order valence-electron chi connectivity index (χ4n) is 1.01. The van der Waals surface area contributed by atoms with E-state index in [2.05, 4.69) is 53.8 Å². The number of allylic oxidation sites excluding steroid dienone is 1. The van der Waals surface area contributed by atoms with E-state index >= 15 is 0 Å². The van der Waals surface area contributed by atoms with Crippen molar-refractivity contribution in [3.8, 4) is 0 Å². The Morgan fingerprint density at radius 2 is 1.76 bits per heavy atom. The van der Waals surface area contributed by atoms with Gasteiger partial charge in [0.25, 0.3) is 14.3 Å². The van der Waals surface area contributed by atoms with Gasteiger partial charge in [-0.3, -0.25) is 0 Å². The van der Waals surface area contributed by atoms with Crippen molar-refractivity contribution in [3.63, 3.8) is 0 Å². The molecule has 0 heterocycles. The molecule has 0 unspecified atom stereocenters. The molecule has 0 amide bonds. The van der Waals surface area contributed by atoms with Gasteiger partial charge in [0, 0.05) is 0 Å². The van der Waals surface area contributed by atoms with Gasteiger partial charge in [0.1, 0.15) is 0 Å². The highest BCUT2D eigenvalue weighted by molar-refractivity contribution is 6.74. The van der Waals surface area contributed by atoms with Crippen molar-refractivity contribution in [3.05, 3.63) is 12.0 Å². The molecule has 102 valence electrons. The van der Waals surface area contributed by atoms with Gasteiger partial charge in [0.15, 0.2) is 0 Å². The summed E-state index contributed by atoms with van der Waals surface area (Å²) in [6, 6.07) is 0. The van der Waals surface area contributed by atoms with Crippen molar-refractivity contribution in [1.82, 2.24) is 0 Å². The molecular formula is C14H30O2Si. The van der Waals surface area contributed by atoms with E-state index in [4.69, 9.17) is 9.16 Å². The Kier molecular flexibility index (Phi) is 6.31. The van der Waals surface area contributed by atoms with Gasteiger partial charge in [0.05, 0.1) is 6.61 Å². The average Bonchev–Trinajstić information content (AvgIpc) is 2.12. The summed E-state index contributed by atoms with van der Waals surface area (Å²) in [6.45, 7) is 18.3. The van der Waals surface area contributed by atoms with Crippen LogP contribution in [0.1, 0.15) is 48.0 Å². The van der Waals surface area contributed by atoms with E-state index in [0.29, 0.717) is 12.5 Å². The van der Waals surface area contributed by atoms with Crippen molar-refractivity contribution in [2.75, 3.05) is 6.61 Å². The topological polar surface area (TPSA) is 18.5 Å². The van der Waals surface area contributed by atoms with Crippen LogP contribution in [0.2, 0.25) is 18.1 Å². The standard InChI is InChI=1S/C14H30O2Si/c1-9-15-13(11-10-12(2)3)16-17(7,8)14(4,5)6/h11-12H,9-10H2,1-8H3/b13-11+. The zero-order valence-electron chi connectivity index (χ0n) is 12.9. The Hall–Kier alpha value is -0.443. The van der Waals surface area contributed by atoms with Gasteiger partial charge in [0.2, 0.25) is 0 Å². The lowest BCUT2D eigenvalue weighted by molar-refractivity contribution is 0.105. The summed E-state index contributed by atoms with van der Waals surface area (Å²) in [5.74, 6) is 1.36. The van der Waals surface area contributed by atoms with Crippen LogP contribution in [0.5, 0.6) is 0 Å². The van der Waals surface area contributed by atoms with Gasteiger partial charge in [-0.05, 0) is 43.5 Å². The molecule has 0 saturated carbocycles. The van der Waals surface area contributed by atoms with E-state index in [1.54, 1.807) is 0 Å². The average molecular weight is 258 g/mol. The minimum atomic E-state index is -1.77. The Balaban J connectivity index is 4.70. The van der Waals surface area contributed by atoms with Crippen LogP contribution in [-0.4, -0.2) is 14.9 Å². The molecule has 0 atom stereocenters. The number of hydrogen-bond acceptors (Lipinski definition) is 2. The second kappa shape index (κ2) is 6.48. The SMILES string of the molecule is CCO/C(=C\CC(C)C)O[Si](C)(C)C(C)(C)C. The second-order valence-corrected chi connectivity index (χ2v) is 11.2. The monoisotopic (exact) mass is 258 g/mol. The maximum absolute atomic E-state index is 6.17. The molecule has 0 saturated heterocycles. The Morgan fingerprint density at radius 1 is 1.24 bits per heavy atom. The third-order valence-corrected chi connectivity index (χ3v) is 7.53. The van der Waals surface area contributed by atoms with Crippen LogP contribution in [0.3, 0.4) is 0 Å². The van der Waals surface area contributed by atoms with Gasteiger partial charge in [-0.1, -0.05) is 34.6 Å². The van der Waals surface area contributed by atoms with Crippen molar-refractivity contribution in [2.45, 2.75) is 66.1 Å². The van der Waals surface area contributed by atoms with Crippen molar-refractivity contribution in [1.29, 1.82) is 0 Å². The van der Waals surface area contributed by atoms with E-state index in [-0.39, 0.29) is 5.04 Å². The summed E-state index contributed by atoms with van der Waals surface area (Å²) in [6.07, 6.45) is 3.10. The van der Waals surface area contributed by atoms with E-state index in [0.717, 1.165) is 12.4 Å². The molecule has 0 aliphatic rings. The Bertz CT molecular complexity index is 249. The second-order valence-electron chi connectivity index (χ2n) is 6.45. The first-order valence-corrected chi connectivity index (χ1v) is 9.53. The third-order valence-electron chi connectivity index (χ3n) is 3.20. The molecule has 0 rings (SSSR count). The zero-order chi connectivity index (χ0) is 13.7. The van der Waals surface area contributed by atoms with E-state index in [1.165, 1.54) is 0 Å². The highest BCUT2D eigenvalue weighted by Crippen LogP contribution is 2.38. The fraction of sp³-hybridized carbons (Fsp3) is 0.857. The highest BCUT2D eigenvalue weighted by Gasteiger charge is 2.39. The number of rotatable bonds is 6. The summed E-state index contributed by atoms with van der Waals surface area (Å²) in [5.41, 5.74) is 0. The quantitative estimate of drug-likeness (QED) is 0.496. The molecule has 0 radical (unpaired) electrons. The van der Waals surface area contributed by atoms with Crippen LogP contribution >= 0.6 is 0 Å². The highest BCUT2D eigenvalue weighted by atomic mass is 28.4. The molecule has 0 aromatic rings. The zero-order valence-corrected chi connectivity index (χ0v) is 13.9. The van der Waals surface area contributed by atoms with Gasteiger partial charge >= 0.3 is 0 Å². The molecule has 0 aliphatic heterocycles. The molecule has 3 heteroatoms. The summed E-state index contributed by atoms with van der Waals surface area (Å²) in [5, 5.41) is 0.209. The molecule has 2 nitrogen and oxygen atoms in total. The Labute approximate surface area is 109 Å². The minimum Gasteiger partial charge on any atom is -0.519 e. The van der Waals surface area contributed by atoms with Gasteiger partial charge in [-0.25, -0.2) is 0 Å². The molecule has 0 aliphatic carbocycles. The molecule has 0 fully saturated rings. The molecule has 17 heavy (non-hydrogen) atoms. The van der Waals surface area contributed by atoms with Crippen LogP contribution in [0, 0.1) is 5.92 Å². The van der Waals surface area contributed by atoms with Crippen molar-refractivity contribution in [2.24, 2.45) is 5.92 Å². The molecule has 0 spiro atoms. The number of hydrogen-bond donors (Lipinski definition) is 0. The van der Waals surface area contributed by atoms with Crippen LogP contribution in [0.4, 0.5) is 0 Å². The maximum Gasteiger partial charge on any atom is 0.261 e. The van der Waals surface area contributed by atoms with Crippen molar-refractivity contribution < 1.29 is 9.16 Å². The molecule has 0 N–H and O–H groups in total. The van der Waals surface area contributed by atoms with Crippen LogP contribution < -0.4 is 0 Å². The summed E-state index contributed by atoms with van der Waals surface area (Å²) in [7, 11) is -1.77. The number of ether oxygens (including phenoxy) is 1. The minimum absolute atomic E-state index is 0.209. The fourth-order valence-corrected chi connectivity index (χ4v) is 1.96. The predicted molar refractivity (Wildman–Crippen MR) is 77.4 cm³/mol. The first-order chi connectivity index (χ1) is 7.60. The summed E-state index contributed by atoms with van der Waals surface area (Å²) >= 11 is 0.